The van der Waals surface area contributed by atoms with Crippen molar-refractivity contribution in [3.63, 3.8) is 0 Å². The van der Waals surface area contributed by atoms with E-state index < -0.39 is 0 Å². The molecule has 2 aromatic heterocycles. The summed E-state index contributed by atoms with van der Waals surface area (Å²) in [4.78, 5) is 14.4. The van der Waals surface area contributed by atoms with Crippen molar-refractivity contribution in [3.05, 3.63) is 36.4 Å². The molecule has 0 unspecified atom stereocenters. The Hall–Kier alpha value is -2.11. The normalized spacial score (nSPS) is 17.9. The smallest absolute Gasteiger partial charge is 0.247 e. The minimum absolute atomic E-state index is 0.151. The van der Waals surface area contributed by atoms with Crippen LogP contribution in [-0.4, -0.2) is 43.5 Å². The van der Waals surface area contributed by atoms with E-state index in [0.717, 1.165) is 31.6 Å². The van der Waals surface area contributed by atoms with Gasteiger partial charge in [0.05, 0.1) is 5.69 Å². The number of nitrogens with zero attached hydrogens (tertiary/aromatic N) is 5. The number of carbonyl (C=O) groups excluding carboxylic acids is 1. The van der Waals surface area contributed by atoms with Crippen molar-refractivity contribution in [2.24, 2.45) is 7.05 Å². The van der Waals surface area contributed by atoms with Crippen LogP contribution >= 0.6 is 0 Å². The van der Waals surface area contributed by atoms with E-state index in [9.17, 15) is 4.79 Å². The first-order valence-corrected chi connectivity index (χ1v) is 7.42. The van der Waals surface area contributed by atoms with Gasteiger partial charge in [0.15, 0.2) is 0 Å². The average Bonchev–Trinajstić information content (AvgIpc) is 3.17. The summed E-state index contributed by atoms with van der Waals surface area (Å²) in [6.07, 6.45) is 7.48. The molecular weight excluding hydrogens is 266 g/mol. The molecule has 21 heavy (non-hydrogen) atoms. The van der Waals surface area contributed by atoms with Crippen LogP contribution in [0.4, 0.5) is 0 Å². The first-order chi connectivity index (χ1) is 10.1. The lowest BCUT2D eigenvalue weighted by molar-refractivity contribution is -0.135. The highest BCUT2D eigenvalue weighted by molar-refractivity contribution is 5.80. The second-order valence-electron chi connectivity index (χ2n) is 5.68. The molecule has 1 amide bonds. The molecule has 3 heterocycles. The Bertz CT molecular complexity index is 595. The third kappa shape index (κ3) is 2.84. The van der Waals surface area contributed by atoms with Crippen LogP contribution < -0.4 is 0 Å². The number of piperidine rings is 1. The summed E-state index contributed by atoms with van der Waals surface area (Å²) in [6.45, 7) is 3.50. The van der Waals surface area contributed by atoms with Crippen LogP contribution in [-0.2, 0) is 11.8 Å². The molecule has 3 rings (SSSR count). The van der Waals surface area contributed by atoms with Crippen molar-refractivity contribution in [2.45, 2.75) is 31.7 Å². The third-order valence-corrected chi connectivity index (χ3v) is 4.24. The molecule has 6 heteroatoms. The minimum atomic E-state index is -0.230. The fourth-order valence-corrected chi connectivity index (χ4v) is 2.93. The molecule has 0 radical (unpaired) electrons. The Balaban J connectivity index is 1.59. The van der Waals surface area contributed by atoms with Crippen LogP contribution in [0.2, 0.25) is 0 Å². The first kappa shape index (κ1) is 13.9. The van der Waals surface area contributed by atoms with Gasteiger partial charge < -0.3 is 4.90 Å². The van der Waals surface area contributed by atoms with Gasteiger partial charge in [-0.05, 0) is 31.9 Å². The van der Waals surface area contributed by atoms with E-state index in [1.54, 1.807) is 10.9 Å². The average molecular weight is 287 g/mol. The number of likely N-dealkylation sites (tertiary alicyclic amines) is 1. The van der Waals surface area contributed by atoms with Gasteiger partial charge in [0.2, 0.25) is 5.91 Å². The Morgan fingerprint density at radius 2 is 2.10 bits per heavy atom. The molecule has 1 fully saturated rings. The molecule has 0 aromatic carbocycles. The molecule has 0 saturated carbocycles. The van der Waals surface area contributed by atoms with Crippen LogP contribution in [0.25, 0.3) is 0 Å². The Kier molecular flexibility index (Phi) is 3.77. The Morgan fingerprint density at radius 3 is 2.67 bits per heavy atom. The van der Waals surface area contributed by atoms with E-state index in [0.29, 0.717) is 5.92 Å². The SMILES string of the molecule is C[C@@H](C(=O)N1CCC(c2ccn(C)n2)CC1)n1cccn1. The molecule has 0 N–H and O–H groups in total. The summed E-state index contributed by atoms with van der Waals surface area (Å²) >= 11 is 0. The van der Waals surface area contributed by atoms with Crippen LogP contribution in [0.3, 0.4) is 0 Å². The van der Waals surface area contributed by atoms with E-state index in [1.165, 1.54) is 0 Å². The van der Waals surface area contributed by atoms with Crippen LogP contribution in [0.15, 0.2) is 30.7 Å². The molecule has 1 aliphatic rings. The molecule has 0 bridgehead atoms. The highest BCUT2D eigenvalue weighted by atomic mass is 16.2. The van der Waals surface area contributed by atoms with E-state index in [1.807, 2.05) is 42.0 Å². The summed E-state index contributed by atoms with van der Waals surface area (Å²) in [5.74, 6) is 0.619. The second kappa shape index (κ2) is 5.71. The summed E-state index contributed by atoms with van der Waals surface area (Å²) in [6, 6.07) is 3.69. The summed E-state index contributed by atoms with van der Waals surface area (Å²) in [7, 11) is 1.94. The molecular formula is C15H21N5O. The van der Waals surface area contributed by atoms with Gasteiger partial charge in [-0.25, -0.2) is 0 Å². The van der Waals surface area contributed by atoms with Gasteiger partial charge in [0.25, 0.3) is 0 Å². The lowest BCUT2D eigenvalue weighted by Crippen LogP contribution is -2.41. The number of hydrogen-bond donors (Lipinski definition) is 0. The number of rotatable bonds is 3. The van der Waals surface area contributed by atoms with Gasteiger partial charge in [-0.3, -0.25) is 14.2 Å². The van der Waals surface area contributed by atoms with Gasteiger partial charge in [0.1, 0.15) is 6.04 Å². The molecule has 0 aliphatic carbocycles. The lowest BCUT2D eigenvalue weighted by Gasteiger charge is -2.33. The van der Waals surface area contributed by atoms with E-state index >= 15 is 0 Å². The lowest BCUT2D eigenvalue weighted by atomic mass is 9.93. The summed E-state index contributed by atoms with van der Waals surface area (Å²) in [5.41, 5.74) is 1.14. The fraction of sp³-hybridized carbons (Fsp3) is 0.533. The van der Waals surface area contributed by atoms with E-state index in [2.05, 4.69) is 16.3 Å². The highest BCUT2D eigenvalue weighted by Crippen LogP contribution is 2.27. The zero-order valence-corrected chi connectivity index (χ0v) is 12.5. The first-order valence-electron chi connectivity index (χ1n) is 7.42. The standard InChI is InChI=1S/C15H21N5O/c1-12(20-8-3-7-16-20)15(21)19-10-4-13(5-11-19)14-6-9-18(2)17-14/h3,6-9,12-13H,4-5,10-11H2,1-2H3/t12-/m0/s1. The van der Waals surface area contributed by atoms with Crippen LogP contribution in [0.5, 0.6) is 0 Å². The highest BCUT2D eigenvalue weighted by Gasteiger charge is 2.28. The second-order valence-corrected chi connectivity index (χ2v) is 5.68. The molecule has 1 saturated heterocycles. The number of aryl methyl sites for hydroxylation is 1. The molecule has 112 valence electrons. The van der Waals surface area contributed by atoms with Crippen LogP contribution in [0.1, 0.15) is 37.4 Å². The quantitative estimate of drug-likeness (QED) is 0.861. The van der Waals surface area contributed by atoms with Crippen molar-refractivity contribution in [1.29, 1.82) is 0 Å². The third-order valence-electron chi connectivity index (χ3n) is 4.24. The minimum Gasteiger partial charge on any atom is -0.341 e. The predicted octanol–water partition coefficient (Wildman–Crippen LogP) is 1.58. The molecule has 6 nitrogen and oxygen atoms in total. The maximum absolute atomic E-state index is 12.5. The zero-order valence-electron chi connectivity index (χ0n) is 12.5. The Labute approximate surface area is 124 Å². The molecule has 0 spiro atoms. The number of carbonyl (C=O) groups is 1. The largest absolute Gasteiger partial charge is 0.341 e. The van der Waals surface area contributed by atoms with Gasteiger partial charge in [-0.1, -0.05) is 0 Å². The Morgan fingerprint density at radius 1 is 1.33 bits per heavy atom. The van der Waals surface area contributed by atoms with Crippen molar-refractivity contribution < 1.29 is 4.79 Å². The van der Waals surface area contributed by atoms with Gasteiger partial charge in [-0.2, -0.15) is 10.2 Å². The summed E-state index contributed by atoms with van der Waals surface area (Å²) < 4.78 is 3.56. The zero-order chi connectivity index (χ0) is 14.8. The topological polar surface area (TPSA) is 56.0 Å². The maximum atomic E-state index is 12.5. The van der Waals surface area contributed by atoms with Crippen molar-refractivity contribution >= 4 is 5.91 Å². The van der Waals surface area contributed by atoms with Crippen molar-refractivity contribution in [2.75, 3.05) is 13.1 Å². The summed E-state index contributed by atoms with van der Waals surface area (Å²) in [5, 5.41) is 8.63. The number of aromatic nitrogens is 4. The number of amides is 1. The van der Waals surface area contributed by atoms with Crippen molar-refractivity contribution in [3.8, 4) is 0 Å². The monoisotopic (exact) mass is 287 g/mol. The molecule has 1 atom stereocenters. The van der Waals surface area contributed by atoms with Crippen molar-refractivity contribution in [1.82, 2.24) is 24.5 Å². The predicted molar refractivity (Wildman–Crippen MR) is 78.7 cm³/mol. The van der Waals surface area contributed by atoms with Gasteiger partial charge in [0, 0.05) is 44.6 Å². The van der Waals surface area contributed by atoms with Gasteiger partial charge in [-0.15, -0.1) is 0 Å². The molecule has 1 aliphatic heterocycles. The molecule has 2 aromatic rings. The van der Waals surface area contributed by atoms with Crippen LogP contribution in [0, 0.1) is 0 Å². The van der Waals surface area contributed by atoms with Gasteiger partial charge >= 0.3 is 0 Å². The van der Waals surface area contributed by atoms with E-state index in [4.69, 9.17) is 0 Å². The fourth-order valence-electron chi connectivity index (χ4n) is 2.93. The maximum Gasteiger partial charge on any atom is 0.247 e. The van der Waals surface area contributed by atoms with E-state index in [-0.39, 0.29) is 11.9 Å². The number of hydrogen-bond acceptors (Lipinski definition) is 3.